The molecule has 0 radical (unpaired) electrons. The van der Waals surface area contributed by atoms with E-state index in [2.05, 4.69) is 18.8 Å². The van der Waals surface area contributed by atoms with Gasteiger partial charge in [-0.05, 0) is 36.4 Å². The van der Waals surface area contributed by atoms with Crippen LogP contribution in [0.4, 0.5) is 0 Å². The smallest absolute Gasteiger partial charge is 0.264 e. The Morgan fingerprint density at radius 2 is 1.65 bits per heavy atom. The van der Waals surface area contributed by atoms with Crippen molar-refractivity contribution in [2.24, 2.45) is 21.7 Å². The number of para-hydroxylation sites is 1. The minimum atomic E-state index is 0.0515. The minimum Gasteiger partial charge on any atom is -0.457 e. The van der Waals surface area contributed by atoms with E-state index in [1.165, 1.54) is 0 Å². The molecular formula is C21H21N4O+. The molecule has 2 aliphatic rings. The lowest BCUT2D eigenvalue weighted by atomic mass is 10.1. The Labute approximate surface area is 153 Å². The summed E-state index contributed by atoms with van der Waals surface area (Å²) in [4.78, 5) is 9.08. The lowest BCUT2D eigenvalue weighted by Crippen LogP contribution is -2.53. The summed E-state index contributed by atoms with van der Waals surface area (Å²) >= 11 is 0. The van der Waals surface area contributed by atoms with Crippen LogP contribution in [-0.4, -0.2) is 16.6 Å². The number of benzene rings is 2. The van der Waals surface area contributed by atoms with Crippen LogP contribution in [0.3, 0.4) is 0 Å². The molecule has 0 amide bonds. The van der Waals surface area contributed by atoms with Gasteiger partial charge in [0.1, 0.15) is 23.4 Å². The number of allylic oxidation sites excluding steroid dienone is 2. The van der Waals surface area contributed by atoms with Gasteiger partial charge < -0.3 is 4.74 Å². The van der Waals surface area contributed by atoms with E-state index in [0.717, 1.165) is 34.3 Å². The molecule has 0 fully saturated rings. The molecule has 1 atom stereocenters. The molecule has 5 nitrogen and oxygen atoms in total. The predicted molar refractivity (Wildman–Crippen MR) is 103 cm³/mol. The summed E-state index contributed by atoms with van der Waals surface area (Å²) in [7, 11) is 0. The first-order chi connectivity index (χ1) is 12.6. The number of amidine groups is 1. The van der Waals surface area contributed by atoms with Crippen molar-refractivity contribution in [2.75, 3.05) is 0 Å². The second-order valence-electron chi connectivity index (χ2n) is 6.65. The van der Waals surface area contributed by atoms with Crippen molar-refractivity contribution in [1.29, 1.82) is 0 Å². The van der Waals surface area contributed by atoms with E-state index in [1.54, 1.807) is 12.4 Å². The number of rotatable bonds is 4. The molecule has 130 valence electrons. The number of aliphatic imine (C=N–C) groups is 2. The number of quaternary nitrogens is 1. The fraction of sp³-hybridized carbons (Fsp3) is 0.143. The highest BCUT2D eigenvalue weighted by molar-refractivity contribution is 6.00. The summed E-state index contributed by atoms with van der Waals surface area (Å²) in [5.74, 6) is 9.31. The fourth-order valence-corrected chi connectivity index (χ4v) is 3.13. The van der Waals surface area contributed by atoms with E-state index in [0.29, 0.717) is 0 Å². The molecule has 1 unspecified atom stereocenters. The van der Waals surface area contributed by atoms with Crippen LogP contribution in [0.5, 0.6) is 11.5 Å². The van der Waals surface area contributed by atoms with E-state index in [1.807, 2.05) is 60.8 Å². The molecule has 2 aromatic rings. The van der Waals surface area contributed by atoms with Gasteiger partial charge in [0.2, 0.25) is 5.70 Å². The van der Waals surface area contributed by atoms with Crippen molar-refractivity contribution in [2.45, 2.75) is 13.8 Å². The highest BCUT2D eigenvalue weighted by atomic mass is 16.5. The summed E-state index contributed by atoms with van der Waals surface area (Å²) in [6.07, 6.45) is 5.38. The third kappa shape index (κ3) is 2.77. The zero-order valence-corrected chi connectivity index (χ0v) is 14.8. The van der Waals surface area contributed by atoms with E-state index in [-0.39, 0.29) is 10.5 Å². The van der Waals surface area contributed by atoms with E-state index in [9.17, 15) is 0 Å². The van der Waals surface area contributed by atoms with Crippen molar-refractivity contribution in [3.05, 3.63) is 84.0 Å². The average molecular weight is 345 g/mol. The summed E-state index contributed by atoms with van der Waals surface area (Å²) in [6.45, 7) is 4.23. The summed E-state index contributed by atoms with van der Waals surface area (Å²) in [5.41, 5.74) is 2.85. The number of hydrogen-bond acceptors (Lipinski definition) is 4. The molecule has 26 heavy (non-hydrogen) atoms. The highest BCUT2D eigenvalue weighted by Crippen LogP contribution is 2.34. The molecule has 0 aromatic heterocycles. The zero-order chi connectivity index (χ0) is 18.1. The third-order valence-corrected chi connectivity index (χ3v) is 4.46. The Kier molecular flexibility index (Phi) is 4.03. The van der Waals surface area contributed by atoms with Crippen LogP contribution in [0.25, 0.3) is 0 Å². The SMILES string of the molecule is CC(C)C1=C2C=NC=C[N+]2(N)C(c2ccc(Oc3ccccc3)cc2)=N1. The zero-order valence-electron chi connectivity index (χ0n) is 14.8. The molecule has 2 heterocycles. The molecule has 2 N–H and O–H groups in total. The largest absolute Gasteiger partial charge is 0.457 e. The quantitative estimate of drug-likeness (QED) is 0.661. The van der Waals surface area contributed by atoms with Gasteiger partial charge in [0, 0.05) is 5.92 Å². The summed E-state index contributed by atoms with van der Waals surface area (Å²) in [6, 6.07) is 17.6. The van der Waals surface area contributed by atoms with Crippen molar-refractivity contribution < 1.29 is 9.33 Å². The van der Waals surface area contributed by atoms with Crippen LogP contribution in [-0.2, 0) is 0 Å². The second-order valence-corrected chi connectivity index (χ2v) is 6.65. The van der Waals surface area contributed by atoms with Crippen LogP contribution in [0.15, 0.2) is 88.4 Å². The van der Waals surface area contributed by atoms with Gasteiger partial charge in [-0.25, -0.2) is 0 Å². The number of hydrogen-bond donors (Lipinski definition) is 1. The van der Waals surface area contributed by atoms with Gasteiger partial charge in [-0.15, -0.1) is 4.59 Å². The van der Waals surface area contributed by atoms with Crippen LogP contribution in [0.1, 0.15) is 19.4 Å². The van der Waals surface area contributed by atoms with E-state index >= 15 is 0 Å². The van der Waals surface area contributed by atoms with Crippen molar-refractivity contribution >= 4 is 12.1 Å². The minimum absolute atomic E-state index is 0.0515. The molecule has 4 rings (SSSR count). The van der Waals surface area contributed by atoms with Gasteiger partial charge in [0.25, 0.3) is 5.84 Å². The molecule has 2 aromatic carbocycles. The van der Waals surface area contributed by atoms with Gasteiger partial charge >= 0.3 is 0 Å². The van der Waals surface area contributed by atoms with Crippen LogP contribution >= 0.6 is 0 Å². The van der Waals surface area contributed by atoms with Crippen molar-refractivity contribution in [3.8, 4) is 11.5 Å². The number of ether oxygens (including phenoxy) is 1. The third-order valence-electron chi connectivity index (χ3n) is 4.46. The Bertz CT molecular complexity index is 940. The predicted octanol–water partition coefficient (Wildman–Crippen LogP) is 4.35. The fourth-order valence-electron chi connectivity index (χ4n) is 3.13. The van der Waals surface area contributed by atoms with Gasteiger partial charge in [0.15, 0.2) is 0 Å². The lowest BCUT2D eigenvalue weighted by Gasteiger charge is -2.26. The van der Waals surface area contributed by atoms with Gasteiger partial charge in [-0.2, -0.15) is 10.8 Å². The lowest BCUT2D eigenvalue weighted by molar-refractivity contribution is -0.750. The second kappa shape index (κ2) is 6.37. The van der Waals surface area contributed by atoms with E-state index < -0.39 is 0 Å². The molecule has 0 saturated carbocycles. The number of nitrogens with zero attached hydrogens (tertiary/aromatic N) is 3. The Balaban J connectivity index is 1.65. The van der Waals surface area contributed by atoms with E-state index in [4.69, 9.17) is 15.6 Å². The van der Waals surface area contributed by atoms with Gasteiger partial charge in [-0.3, -0.25) is 4.99 Å². The standard InChI is InChI=1S/C21H21N4O/c1-15(2)20-19-14-23-12-13-25(19,22)21(24-20)16-8-10-18(11-9-16)26-17-6-4-3-5-7-17/h3-15H,22H2,1-2H3/q+1. The maximum absolute atomic E-state index is 6.67. The Morgan fingerprint density at radius 3 is 2.35 bits per heavy atom. The monoisotopic (exact) mass is 345 g/mol. The molecule has 0 saturated heterocycles. The molecule has 0 aliphatic carbocycles. The van der Waals surface area contributed by atoms with Crippen LogP contribution in [0.2, 0.25) is 0 Å². The first kappa shape index (κ1) is 16.4. The molecule has 2 aliphatic heterocycles. The van der Waals surface area contributed by atoms with Crippen molar-refractivity contribution in [3.63, 3.8) is 0 Å². The molecular weight excluding hydrogens is 324 g/mol. The van der Waals surface area contributed by atoms with Gasteiger partial charge in [-0.1, -0.05) is 32.0 Å². The maximum atomic E-state index is 6.67. The topological polar surface area (TPSA) is 60.0 Å². The van der Waals surface area contributed by atoms with Gasteiger partial charge in [0.05, 0.1) is 18.0 Å². The molecule has 0 spiro atoms. The highest BCUT2D eigenvalue weighted by Gasteiger charge is 2.44. The number of fused-ring (bicyclic) bond motifs is 1. The normalized spacial score (nSPS) is 21.2. The van der Waals surface area contributed by atoms with Crippen LogP contribution < -0.4 is 10.6 Å². The maximum Gasteiger partial charge on any atom is 0.264 e. The first-order valence-corrected chi connectivity index (χ1v) is 8.63. The Morgan fingerprint density at radius 1 is 0.962 bits per heavy atom. The molecule has 0 bridgehead atoms. The first-order valence-electron chi connectivity index (χ1n) is 8.63. The van der Waals surface area contributed by atoms with Crippen molar-refractivity contribution in [1.82, 2.24) is 0 Å². The average Bonchev–Trinajstić information content (AvgIpc) is 2.97. The Hall–Kier alpha value is -3.02. The summed E-state index contributed by atoms with van der Waals surface area (Å²) < 4.78 is 5.92. The molecule has 5 heteroatoms. The summed E-state index contributed by atoms with van der Waals surface area (Å²) in [5, 5.41) is 0. The number of nitrogens with two attached hydrogens (primary N) is 1. The van der Waals surface area contributed by atoms with Crippen LogP contribution in [0, 0.1) is 5.92 Å².